The number of fused-ring (bicyclic) bond motifs is 1. The molecular formula is C26H26FN3O2S. The number of nitrogens with zero attached hydrogens (tertiary/aromatic N) is 2. The molecule has 0 spiro atoms. The number of pyridine rings is 1. The predicted octanol–water partition coefficient (Wildman–Crippen LogP) is 4.19. The molecule has 0 amide bonds. The number of aliphatic hydroxyl groups excluding tert-OH is 2. The minimum absolute atomic E-state index is 0.0200. The van der Waals surface area contributed by atoms with Crippen molar-refractivity contribution in [2.45, 2.75) is 36.6 Å². The Kier molecular flexibility index (Phi) is 5.74. The van der Waals surface area contributed by atoms with Crippen LogP contribution in [0.4, 0.5) is 4.39 Å². The topological polar surface area (TPSA) is 92.3 Å². The Morgan fingerprint density at radius 1 is 1.00 bits per heavy atom. The zero-order valence-electron chi connectivity index (χ0n) is 18.2. The molecular weight excluding hydrogens is 437 g/mol. The van der Waals surface area contributed by atoms with E-state index in [1.807, 2.05) is 24.3 Å². The van der Waals surface area contributed by atoms with Gasteiger partial charge in [0.1, 0.15) is 21.2 Å². The molecule has 2 aromatic carbocycles. The van der Waals surface area contributed by atoms with Gasteiger partial charge in [-0.3, -0.25) is 0 Å². The van der Waals surface area contributed by atoms with Crippen LogP contribution in [0.5, 0.6) is 0 Å². The minimum Gasteiger partial charge on any atom is -0.394 e. The Bertz CT molecular complexity index is 1280. The van der Waals surface area contributed by atoms with Crippen LogP contribution in [0.1, 0.15) is 36.1 Å². The number of aromatic nitrogens is 2. The van der Waals surface area contributed by atoms with Gasteiger partial charge >= 0.3 is 0 Å². The summed E-state index contributed by atoms with van der Waals surface area (Å²) in [4.78, 5) is 10.4. The van der Waals surface area contributed by atoms with E-state index in [2.05, 4.69) is 29.2 Å². The summed E-state index contributed by atoms with van der Waals surface area (Å²) < 4.78 is 15.0. The number of halogens is 1. The fourth-order valence-corrected chi connectivity index (χ4v) is 5.23. The van der Waals surface area contributed by atoms with Gasteiger partial charge in [0.05, 0.1) is 24.4 Å². The molecule has 1 saturated carbocycles. The van der Waals surface area contributed by atoms with Gasteiger partial charge in [-0.25, -0.2) is 14.4 Å². The number of rotatable bonds is 8. The van der Waals surface area contributed by atoms with Gasteiger partial charge in [0.15, 0.2) is 0 Å². The molecule has 0 radical (unpaired) electrons. The van der Waals surface area contributed by atoms with Crippen LogP contribution in [-0.2, 0) is 11.8 Å². The van der Waals surface area contributed by atoms with Gasteiger partial charge in [-0.1, -0.05) is 47.7 Å². The Labute approximate surface area is 195 Å². The van der Waals surface area contributed by atoms with Crippen LogP contribution >= 0.6 is 11.3 Å². The highest BCUT2D eigenvalue weighted by Crippen LogP contribution is 2.53. The van der Waals surface area contributed by atoms with Crippen LogP contribution in [0.25, 0.3) is 20.9 Å². The van der Waals surface area contributed by atoms with Crippen LogP contribution in [0.2, 0.25) is 0 Å². The smallest absolute Gasteiger partial charge is 0.144 e. The van der Waals surface area contributed by atoms with E-state index in [9.17, 15) is 14.6 Å². The maximum atomic E-state index is 15.0. The van der Waals surface area contributed by atoms with Gasteiger partial charge in [0.2, 0.25) is 0 Å². The zero-order valence-corrected chi connectivity index (χ0v) is 19.0. The van der Waals surface area contributed by atoms with E-state index in [0.29, 0.717) is 23.4 Å². The third-order valence-electron chi connectivity index (χ3n) is 6.63. The van der Waals surface area contributed by atoms with E-state index in [0.717, 1.165) is 34.4 Å². The van der Waals surface area contributed by atoms with Crippen molar-refractivity contribution in [1.82, 2.24) is 9.97 Å². The molecule has 4 aromatic rings. The molecule has 0 unspecified atom stereocenters. The maximum absolute atomic E-state index is 15.0. The fourth-order valence-electron chi connectivity index (χ4n) is 4.26. The number of benzene rings is 2. The first kappa shape index (κ1) is 22.1. The Balaban J connectivity index is 1.41. The minimum atomic E-state index is -1.07. The van der Waals surface area contributed by atoms with Crippen molar-refractivity contribution in [2.75, 3.05) is 13.2 Å². The number of hydrogen-bond donors (Lipinski definition) is 3. The highest BCUT2D eigenvalue weighted by Gasteiger charge is 2.47. The molecule has 5 nitrogen and oxygen atoms in total. The second-order valence-corrected chi connectivity index (χ2v) is 9.96. The third kappa shape index (κ3) is 4.17. The predicted molar refractivity (Wildman–Crippen MR) is 129 cm³/mol. The second-order valence-electron chi connectivity index (χ2n) is 8.98. The van der Waals surface area contributed by atoms with Crippen molar-refractivity contribution in [3.05, 3.63) is 83.3 Å². The summed E-state index contributed by atoms with van der Waals surface area (Å²) in [7, 11) is 0. The number of hydrogen-bond acceptors (Lipinski definition) is 6. The zero-order chi connectivity index (χ0) is 23.1. The van der Waals surface area contributed by atoms with Crippen molar-refractivity contribution in [2.24, 2.45) is 5.73 Å². The molecule has 1 fully saturated rings. The average Bonchev–Trinajstić information content (AvgIpc) is 3.56. The van der Waals surface area contributed by atoms with Crippen LogP contribution in [0.15, 0.2) is 60.7 Å². The standard InChI is InChI=1S/C26H26FN3O2S/c27-20-14-17(10-11-25(28,15-31)16-32)6-7-19(20)23-29-21-8-9-22(30-24(21)33-23)26(12-13-26)18-4-2-1-3-5-18/h1-9,14,31-32H,10-13,15-16,28H2. The molecule has 1 aliphatic carbocycles. The van der Waals surface area contributed by atoms with E-state index >= 15 is 0 Å². The highest BCUT2D eigenvalue weighted by atomic mass is 32.1. The summed E-state index contributed by atoms with van der Waals surface area (Å²) in [5.41, 5.74) is 9.13. The summed E-state index contributed by atoms with van der Waals surface area (Å²) in [5, 5.41) is 19.3. The normalized spacial score (nSPS) is 15.2. The van der Waals surface area contributed by atoms with Gasteiger partial charge in [-0.15, -0.1) is 0 Å². The monoisotopic (exact) mass is 463 g/mol. The average molecular weight is 464 g/mol. The van der Waals surface area contributed by atoms with E-state index in [1.165, 1.54) is 23.0 Å². The van der Waals surface area contributed by atoms with Crippen LogP contribution in [0, 0.1) is 5.82 Å². The van der Waals surface area contributed by atoms with Crippen molar-refractivity contribution >= 4 is 21.7 Å². The summed E-state index contributed by atoms with van der Waals surface area (Å²) in [6.07, 6.45) is 2.97. The molecule has 7 heteroatoms. The van der Waals surface area contributed by atoms with E-state index in [1.54, 1.807) is 6.07 Å². The molecule has 1 aliphatic rings. The van der Waals surface area contributed by atoms with Gasteiger partial charge in [0.25, 0.3) is 0 Å². The SMILES string of the molecule is NC(CO)(CO)CCc1ccc(-c2nc3ccc(C4(c5ccccc5)CC4)nc3s2)c(F)c1. The van der Waals surface area contributed by atoms with Gasteiger partial charge in [-0.05, 0) is 61.1 Å². The lowest BCUT2D eigenvalue weighted by molar-refractivity contribution is 0.115. The van der Waals surface area contributed by atoms with Crippen LogP contribution in [-0.4, -0.2) is 38.9 Å². The number of nitrogens with two attached hydrogens (primary N) is 1. The van der Waals surface area contributed by atoms with E-state index < -0.39 is 5.54 Å². The lowest BCUT2D eigenvalue weighted by Crippen LogP contribution is -2.47. The van der Waals surface area contributed by atoms with Crippen molar-refractivity contribution in [3.63, 3.8) is 0 Å². The quantitative estimate of drug-likeness (QED) is 0.364. The number of aryl methyl sites for hydroxylation is 1. The Morgan fingerprint density at radius 2 is 1.76 bits per heavy atom. The lowest BCUT2D eigenvalue weighted by atomic mass is 9.92. The molecule has 2 heterocycles. The number of thiazole rings is 1. The molecule has 0 atom stereocenters. The molecule has 33 heavy (non-hydrogen) atoms. The molecule has 0 saturated heterocycles. The Hall–Kier alpha value is -2.71. The largest absolute Gasteiger partial charge is 0.394 e. The van der Waals surface area contributed by atoms with Gasteiger partial charge < -0.3 is 15.9 Å². The van der Waals surface area contributed by atoms with Crippen LogP contribution < -0.4 is 5.73 Å². The van der Waals surface area contributed by atoms with Gasteiger partial charge in [-0.2, -0.15) is 0 Å². The van der Waals surface area contributed by atoms with Crippen molar-refractivity contribution in [1.29, 1.82) is 0 Å². The Morgan fingerprint density at radius 3 is 2.42 bits per heavy atom. The summed E-state index contributed by atoms with van der Waals surface area (Å²) in [6, 6.07) is 19.5. The summed E-state index contributed by atoms with van der Waals surface area (Å²) in [5.74, 6) is -0.356. The second kappa shape index (κ2) is 8.57. The van der Waals surface area contributed by atoms with E-state index in [-0.39, 0.29) is 24.4 Å². The van der Waals surface area contributed by atoms with E-state index in [4.69, 9.17) is 10.7 Å². The molecule has 0 aliphatic heterocycles. The maximum Gasteiger partial charge on any atom is 0.144 e. The summed E-state index contributed by atoms with van der Waals surface area (Å²) >= 11 is 1.40. The molecule has 0 bridgehead atoms. The lowest BCUT2D eigenvalue weighted by Gasteiger charge is -2.24. The molecule has 5 rings (SSSR count). The molecule has 170 valence electrons. The van der Waals surface area contributed by atoms with Crippen molar-refractivity contribution in [3.8, 4) is 10.6 Å². The molecule has 2 aromatic heterocycles. The first-order chi connectivity index (χ1) is 16.0. The first-order valence-corrected chi connectivity index (χ1v) is 11.9. The first-order valence-electron chi connectivity index (χ1n) is 11.1. The molecule has 4 N–H and O–H groups in total. The van der Waals surface area contributed by atoms with Crippen molar-refractivity contribution < 1.29 is 14.6 Å². The fraction of sp³-hybridized carbons (Fsp3) is 0.308. The summed E-state index contributed by atoms with van der Waals surface area (Å²) in [6.45, 7) is -0.646. The van der Waals surface area contributed by atoms with Crippen LogP contribution in [0.3, 0.4) is 0 Å². The van der Waals surface area contributed by atoms with Gasteiger partial charge in [0, 0.05) is 11.0 Å². The third-order valence-corrected chi connectivity index (χ3v) is 7.63. The number of aliphatic hydroxyl groups is 2. The highest BCUT2D eigenvalue weighted by molar-refractivity contribution is 7.21.